The third-order valence-electron chi connectivity index (χ3n) is 18.4. The average molecular weight is 787 g/mol. The van der Waals surface area contributed by atoms with Gasteiger partial charge in [-0.15, -0.1) is 0 Å². The summed E-state index contributed by atoms with van der Waals surface area (Å²) in [7, 11) is 3.04. The van der Waals surface area contributed by atoms with E-state index in [4.69, 9.17) is 9.47 Å². The minimum atomic E-state index is -0.326. The van der Waals surface area contributed by atoms with Gasteiger partial charge in [0.1, 0.15) is 0 Å². The van der Waals surface area contributed by atoms with E-state index in [1.165, 1.54) is 135 Å². The number of hydrogen-bond acceptors (Lipinski definition) is 4. The highest BCUT2D eigenvalue weighted by molar-refractivity contribution is 6.53. The number of carbonyl (C=O) groups excluding carboxylic acids is 2. The van der Waals surface area contributed by atoms with Crippen molar-refractivity contribution in [2.24, 2.45) is 5.41 Å². The Kier molecular flexibility index (Phi) is 4.82. The predicted octanol–water partition coefficient (Wildman–Crippen LogP) is 11.6. The van der Waals surface area contributed by atoms with Gasteiger partial charge in [0.2, 0.25) is 0 Å². The van der Waals surface area contributed by atoms with Gasteiger partial charge < -0.3 is 9.47 Å². The Morgan fingerprint density at radius 2 is 1.33 bits per heavy atom. The molecule has 0 saturated heterocycles. The lowest BCUT2D eigenvalue weighted by molar-refractivity contribution is -0.141. The number of benzene rings is 8. The second-order valence-electron chi connectivity index (χ2n) is 20.1. The summed E-state index contributed by atoms with van der Waals surface area (Å²) in [5, 5.41) is 18.0. The highest BCUT2D eigenvalue weighted by Gasteiger charge is 2.89. The van der Waals surface area contributed by atoms with E-state index in [9.17, 15) is 9.59 Å². The van der Waals surface area contributed by atoms with E-state index in [0.717, 1.165) is 44.9 Å². The van der Waals surface area contributed by atoms with E-state index in [-0.39, 0.29) is 33.6 Å². The molecular weight excluding hydrogens is 749 g/mol. The highest BCUT2D eigenvalue weighted by atomic mass is 16.5. The molecule has 9 aromatic rings. The molecule has 1 spiro atoms. The number of ether oxygens (including phenoxy) is 2. The Hall–Kier alpha value is -6.26. The molecule has 0 aliphatic heterocycles. The molecule has 0 bridgehead atoms. The topological polar surface area (TPSA) is 52.6 Å². The lowest BCUT2D eigenvalue weighted by atomic mass is 9.55. The van der Waals surface area contributed by atoms with E-state index in [1.54, 1.807) is 21.9 Å². The maximum absolute atomic E-state index is 12.9. The van der Waals surface area contributed by atoms with Crippen molar-refractivity contribution in [1.29, 1.82) is 0 Å². The maximum atomic E-state index is 12.9. The molecular formula is C57H38O4. The summed E-state index contributed by atoms with van der Waals surface area (Å²) in [5.74, 6) is -0.257. The molecule has 0 N–H and O–H groups in total. The van der Waals surface area contributed by atoms with Gasteiger partial charge in [0.25, 0.3) is 0 Å². The molecule has 9 aromatic carbocycles. The molecule has 61 heavy (non-hydrogen) atoms. The van der Waals surface area contributed by atoms with Crippen LogP contribution in [0, 0.1) is 5.41 Å². The minimum Gasteiger partial charge on any atom is -0.469 e. The quantitative estimate of drug-likeness (QED) is 0.102. The zero-order chi connectivity index (χ0) is 39.8. The third-order valence-corrected chi connectivity index (χ3v) is 18.4. The Labute approximate surface area is 350 Å². The van der Waals surface area contributed by atoms with Gasteiger partial charge in [0.15, 0.2) is 0 Å². The van der Waals surface area contributed by atoms with Crippen molar-refractivity contribution >= 4 is 88.2 Å². The van der Waals surface area contributed by atoms with Crippen LogP contribution in [0.4, 0.5) is 0 Å². The van der Waals surface area contributed by atoms with Crippen molar-refractivity contribution in [3.05, 3.63) is 151 Å². The van der Waals surface area contributed by atoms with Crippen LogP contribution in [0.25, 0.3) is 76.3 Å². The van der Waals surface area contributed by atoms with Gasteiger partial charge in [-0.05, 0) is 194 Å². The smallest absolute Gasteiger partial charge is 0.305 e. The summed E-state index contributed by atoms with van der Waals surface area (Å²) in [4.78, 5) is 25.7. The normalized spacial score (nSPS) is 26.2. The summed E-state index contributed by atoms with van der Waals surface area (Å²) >= 11 is 0. The third kappa shape index (κ3) is 2.80. The average Bonchev–Trinajstić information content (AvgIpc) is 3.86. The monoisotopic (exact) mass is 786 g/mol. The Morgan fingerprint density at radius 3 is 2.15 bits per heavy atom. The Morgan fingerprint density at radius 1 is 0.607 bits per heavy atom. The fourth-order valence-electron chi connectivity index (χ4n) is 16.7. The van der Waals surface area contributed by atoms with Gasteiger partial charge in [-0.2, -0.15) is 0 Å². The molecule has 4 atom stereocenters. The number of hydrogen-bond donors (Lipinski definition) is 0. The van der Waals surface area contributed by atoms with Crippen LogP contribution in [-0.2, 0) is 54.6 Å². The van der Waals surface area contributed by atoms with Gasteiger partial charge in [0, 0.05) is 34.5 Å². The second-order valence-corrected chi connectivity index (χ2v) is 20.1. The first-order chi connectivity index (χ1) is 29.9. The molecule has 4 unspecified atom stereocenters. The molecule has 0 radical (unpaired) electrons. The second kappa shape index (κ2) is 9.31. The van der Waals surface area contributed by atoms with Crippen molar-refractivity contribution in [2.75, 3.05) is 14.2 Å². The zero-order valence-electron chi connectivity index (χ0n) is 34.1. The summed E-state index contributed by atoms with van der Waals surface area (Å²) in [6.07, 6.45) is 15.1. The molecule has 17 rings (SSSR count). The number of allylic oxidation sites excluding steroid dienone is 3. The van der Waals surface area contributed by atoms with Crippen LogP contribution in [0.15, 0.2) is 78.9 Å². The summed E-state index contributed by atoms with van der Waals surface area (Å²) in [6, 6.07) is 26.4. The van der Waals surface area contributed by atoms with Crippen molar-refractivity contribution < 1.29 is 19.1 Å². The zero-order valence-corrected chi connectivity index (χ0v) is 34.1. The van der Waals surface area contributed by atoms with E-state index in [2.05, 4.69) is 85.0 Å². The lowest BCUT2D eigenvalue weighted by Crippen LogP contribution is -2.38. The van der Waals surface area contributed by atoms with Gasteiger partial charge >= 0.3 is 11.9 Å². The molecule has 0 heterocycles. The maximum Gasteiger partial charge on any atom is 0.305 e. The van der Waals surface area contributed by atoms with Crippen molar-refractivity contribution in [2.45, 2.75) is 74.0 Å². The molecule has 4 heteroatoms. The Balaban J connectivity index is 1.07. The van der Waals surface area contributed by atoms with E-state index in [0.29, 0.717) is 12.8 Å². The summed E-state index contributed by atoms with van der Waals surface area (Å²) in [5.41, 5.74) is 19.7. The van der Waals surface area contributed by atoms with E-state index >= 15 is 0 Å². The minimum absolute atomic E-state index is 0.120. The van der Waals surface area contributed by atoms with E-state index < -0.39 is 0 Å². The van der Waals surface area contributed by atoms with Gasteiger partial charge in [0.05, 0.1) is 14.2 Å². The number of carbonyl (C=O) groups is 2. The lowest BCUT2D eigenvalue weighted by Gasteiger charge is -2.47. The van der Waals surface area contributed by atoms with E-state index in [1.807, 2.05) is 0 Å². The van der Waals surface area contributed by atoms with Crippen molar-refractivity contribution in [3.8, 4) is 0 Å². The highest BCUT2D eigenvalue weighted by Crippen LogP contribution is 2.91. The SMILES string of the molecule is COC(=O)CCCC1(c2ccccc2)c2cc3cc4c5c6c(cc7c8c6c6c9c%10c%11c(c1c2c1c3c5c6c%111)CC%10=CC1(C=C7)C(CCCC(=O)OC)(c2ccc3c(c2)C3)C891)C4. The van der Waals surface area contributed by atoms with Crippen LogP contribution in [0.3, 0.4) is 0 Å². The van der Waals surface area contributed by atoms with Gasteiger partial charge in [-0.3, -0.25) is 9.59 Å². The predicted molar refractivity (Wildman–Crippen MR) is 241 cm³/mol. The molecule has 0 aromatic heterocycles. The molecule has 290 valence electrons. The molecule has 8 aliphatic rings. The van der Waals surface area contributed by atoms with Crippen LogP contribution in [0.5, 0.6) is 0 Å². The molecule has 8 aliphatic carbocycles. The largest absolute Gasteiger partial charge is 0.469 e. The standard InChI is InChI=1S/C57H38O4/c1-60-37(58)10-6-15-55(33-8-4-3-5-9-33)36-24-31-21-30-20-29-19-27-14-17-54-25-32-23-35-43-42(32)53-50-48-45(41(31)46(47(43)48)44(36)52(35)55)39(30)40(29)49(50)51(27)57(53,54)56(54,16-7-11-38(59)61-2)34-13-12-26-18-28(26)22-34/h3-5,8-9,12-14,17,19,21-22,24-25H,6-7,10-11,15-16,18,20,23H2,1-2H3. The van der Waals surface area contributed by atoms with Crippen LogP contribution >= 0.6 is 0 Å². The Bertz CT molecular complexity index is 3810. The van der Waals surface area contributed by atoms with Crippen LogP contribution < -0.4 is 0 Å². The van der Waals surface area contributed by atoms with Crippen molar-refractivity contribution in [1.82, 2.24) is 0 Å². The van der Waals surface area contributed by atoms with Gasteiger partial charge in [-0.1, -0.05) is 78.9 Å². The summed E-state index contributed by atoms with van der Waals surface area (Å²) in [6.45, 7) is 0. The number of methoxy groups -OCH3 is 2. The fraction of sp³-hybridized carbons (Fsp3) is 0.263. The first-order valence-corrected chi connectivity index (χ1v) is 22.5. The number of rotatable bonds is 10. The fourth-order valence-corrected chi connectivity index (χ4v) is 16.7. The molecule has 0 amide bonds. The van der Waals surface area contributed by atoms with Crippen molar-refractivity contribution in [3.63, 3.8) is 0 Å². The number of fused-ring (bicyclic) bond motifs is 2. The molecule has 1 saturated carbocycles. The number of esters is 2. The first-order valence-electron chi connectivity index (χ1n) is 22.5. The summed E-state index contributed by atoms with van der Waals surface area (Å²) < 4.78 is 10.5. The van der Waals surface area contributed by atoms with Crippen LogP contribution in [-0.4, -0.2) is 26.2 Å². The van der Waals surface area contributed by atoms with Gasteiger partial charge in [-0.25, -0.2) is 0 Å². The first kappa shape index (κ1) is 31.6. The van der Waals surface area contributed by atoms with Crippen LogP contribution in [0.1, 0.15) is 111 Å². The molecule has 1 fully saturated rings. The molecule has 4 nitrogen and oxygen atoms in total. The van der Waals surface area contributed by atoms with Crippen LogP contribution in [0.2, 0.25) is 0 Å².